The molecule has 6 heteroatoms. The van der Waals surface area contributed by atoms with E-state index in [1.165, 1.54) is 250 Å². The van der Waals surface area contributed by atoms with Gasteiger partial charge < -0.3 is 14.2 Å². The molecule has 0 saturated heterocycles. The minimum absolute atomic E-state index is 0.0761. The Morgan fingerprint density at radius 2 is 0.462 bits per heavy atom. The van der Waals surface area contributed by atoms with Gasteiger partial charge in [-0.1, -0.05) is 293 Å². The van der Waals surface area contributed by atoms with Gasteiger partial charge in [-0.2, -0.15) is 0 Å². The van der Waals surface area contributed by atoms with Gasteiger partial charge in [-0.25, -0.2) is 0 Å². The van der Waals surface area contributed by atoms with Crippen LogP contribution >= 0.6 is 0 Å². The standard InChI is InChI=1S/C72H130O6/c1-4-7-10-13-16-19-22-25-28-31-34-35-36-37-39-41-44-47-50-53-56-59-62-65-71(74)77-68-69(67-76-70(73)64-61-58-55-52-49-46-43-40-33-30-27-24-21-18-15-12-9-6-3)78-72(75)66-63-60-57-54-51-48-45-42-38-32-29-26-23-20-17-14-11-8-5-2/h17,20,22,25-26,29-31,33-34,69H,4-16,18-19,21,23-24,27-28,32,35-68H2,1-3H3/b20-17-,25-22-,29-26-,33-30-,34-31-. The summed E-state index contributed by atoms with van der Waals surface area (Å²) in [6.45, 7) is 6.65. The third kappa shape index (κ3) is 63.9. The third-order valence-corrected chi connectivity index (χ3v) is 15.2. The molecule has 0 aromatic heterocycles. The summed E-state index contributed by atoms with van der Waals surface area (Å²) in [6, 6.07) is 0. The van der Waals surface area contributed by atoms with Gasteiger partial charge in [0.2, 0.25) is 0 Å². The zero-order valence-corrected chi connectivity index (χ0v) is 52.2. The molecule has 0 amide bonds. The van der Waals surface area contributed by atoms with Crippen LogP contribution in [0.15, 0.2) is 60.8 Å². The van der Waals surface area contributed by atoms with Gasteiger partial charge in [-0.3, -0.25) is 14.4 Å². The fraction of sp³-hybridized carbons (Fsp3) is 0.819. The Morgan fingerprint density at radius 3 is 0.744 bits per heavy atom. The molecule has 0 saturated carbocycles. The third-order valence-electron chi connectivity index (χ3n) is 15.2. The number of hydrogen-bond donors (Lipinski definition) is 0. The fourth-order valence-corrected chi connectivity index (χ4v) is 10.0. The Kier molecular flexibility index (Phi) is 64.2. The number of carbonyl (C=O) groups is 3. The van der Waals surface area contributed by atoms with E-state index in [-0.39, 0.29) is 31.1 Å². The molecule has 0 aromatic carbocycles. The van der Waals surface area contributed by atoms with Gasteiger partial charge in [0.25, 0.3) is 0 Å². The van der Waals surface area contributed by atoms with Gasteiger partial charge in [0.1, 0.15) is 13.2 Å². The topological polar surface area (TPSA) is 78.9 Å². The minimum Gasteiger partial charge on any atom is -0.462 e. The summed E-state index contributed by atoms with van der Waals surface area (Å²) in [5, 5.41) is 0. The lowest BCUT2D eigenvalue weighted by Gasteiger charge is -2.18. The van der Waals surface area contributed by atoms with Crippen molar-refractivity contribution in [3.8, 4) is 0 Å². The van der Waals surface area contributed by atoms with Gasteiger partial charge >= 0.3 is 17.9 Å². The number of unbranched alkanes of at least 4 members (excludes halogenated alkanes) is 42. The summed E-state index contributed by atoms with van der Waals surface area (Å²) in [4.78, 5) is 38.4. The Balaban J connectivity index is 4.35. The van der Waals surface area contributed by atoms with E-state index in [9.17, 15) is 14.4 Å². The monoisotopic (exact) mass is 1090 g/mol. The van der Waals surface area contributed by atoms with Crippen molar-refractivity contribution in [3.63, 3.8) is 0 Å². The quantitative estimate of drug-likeness (QED) is 0.0261. The lowest BCUT2D eigenvalue weighted by atomic mass is 10.0. The summed E-state index contributed by atoms with van der Waals surface area (Å²) in [5.41, 5.74) is 0. The molecule has 1 atom stereocenters. The van der Waals surface area contributed by atoms with Crippen LogP contribution in [0, 0.1) is 0 Å². The molecule has 78 heavy (non-hydrogen) atoms. The molecule has 0 spiro atoms. The number of allylic oxidation sites excluding steroid dienone is 10. The number of esters is 3. The largest absolute Gasteiger partial charge is 0.462 e. The first-order valence-electron chi connectivity index (χ1n) is 34.3. The molecule has 0 radical (unpaired) electrons. The van der Waals surface area contributed by atoms with E-state index in [0.717, 1.165) is 70.6 Å². The lowest BCUT2D eigenvalue weighted by molar-refractivity contribution is -0.167. The summed E-state index contributed by atoms with van der Waals surface area (Å²) >= 11 is 0. The van der Waals surface area contributed by atoms with Crippen molar-refractivity contribution in [3.05, 3.63) is 60.8 Å². The van der Waals surface area contributed by atoms with Crippen molar-refractivity contribution in [2.45, 2.75) is 367 Å². The van der Waals surface area contributed by atoms with Crippen LogP contribution in [-0.2, 0) is 28.6 Å². The first kappa shape index (κ1) is 75.1. The molecule has 0 aliphatic heterocycles. The predicted molar refractivity (Wildman–Crippen MR) is 339 cm³/mol. The average molecular weight is 1090 g/mol. The number of carbonyl (C=O) groups excluding carboxylic acids is 3. The van der Waals surface area contributed by atoms with Crippen LogP contribution in [0.25, 0.3) is 0 Å². The predicted octanol–water partition coefficient (Wildman–Crippen LogP) is 23.5. The zero-order chi connectivity index (χ0) is 56.4. The average Bonchev–Trinajstić information content (AvgIpc) is 3.44. The lowest BCUT2D eigenvalue weighted by Crippen LogP contribution is -2.30. The van der Waals surface area contributed by atoms with Crippen LogP contribution in [0.4, 0.5) is 0 Å². The van der Waals surface area contributed by atoms with E-state index in [2.05, 4.69) is 81.5 Å². The van der Waals surface area contributed by atoms with Crippen molar-refractivity contribution in [1.29, 1.82) is 0 Å². The number of hydrogen-bond acceptors (Lipinski definition) is 6. The van der Waals surface area contributed by atoms with Crippen molar-refractivity contribution < 1.29 is 28.6 Å². The highest BCUT2D eigenvalue weighted by Crippen LogP contribution is 2.17. The molecule has 6 nitrogen and oxygen atoms in total. The van der Waals surface area contributed by atoms with Crippen LogP contribution in [-0.4, -0.2) is 37.2 Å². The molecule has 0 aliphatic carbocycles. The second-order valence-electron chi connectivity index (χ2n) is 23.1. The molecular formula is C72H130O6. The molecule has 1 unspecified atom stereocenters. The zero-order valence-electron chi connectivity index (χ0n) is 52.2. The van der Waals surface area contributed by atoms with Crippen LogP contribution in [0.2, 0.25) is 0 Å². The van der Waals surface area contributed by atoms with Gasteiger partial charge in [0.05, 0.1) is 0 Å². The number of rotatable bonds is 63. The fourth-order valence-electron chi connectivity index (χ4n) is 10.0. The van der Waals surface area contributed by atoms with Gasteiger partial charge in [0.15, 0.2) is 6.10 Å². The summed E-state index contributed by atoms with van der Waals surface area (Å²) in [6.07, 6.45) is 85.1. The van der Waals surface area contributed by atoms with E-state index in [0.29, 0.717) is 19.3 Å². The molecule has 0 bridgehead atoms. The Morgan fingerprint density at radius 1 is 0.256 bits per heavy atom. The highest BCUT2D eigenvalue weighted by Gasteiger charge is 2.19. The van der Waals surface area contributed by atoms with Crippen molar-refractivity contribution in [1.82, 2.24) is 0 Å². The minimum atomic E-state index is -0.780. The number of ether oxygens (including phenoxy) is 3. The normalized spacial score (nSPS) is 12.4. The van der Waals surface area contributed by atoms with E-state index < -0.39 is 6.10 Å². The molecule has 0 rings (SSSR count). The summed E-state index contributed by atoms with van der Waals surface area (Å²) in [7, 11) is 0. The van der Waals surface area contributed by atoms with Gasteiger partial charge in [-0.15, -0.1) is 0 Å². The van der Waals surface area contributed by atoms with E-state index >= 15 is 0 Å². The Labute approximate surface area is 485 Å². The van der Waals surface area contributed by atoms with Crippen LogP contribution in [0.5, 0.6) is 0 Å². The second-order valence-corrected chi connectivity index (χ2v) is 23.1. The highest BCUT2D eigenvalue weighted by atomic mass is 16.6. The van der Waals surface area contributed by atoms with E-state index in [1.807, 2.05) is 0 Å². The molecular weight excluding hydrogens is 961 g/mol. The van der Waals surface area contributed by atoms with E-state index in [1.54, 1.807) is 0 Å². The van der Waals surface area contributed by atoms with Crippen LogP contribution < -0.4 is 0 Å². The summed E-state index contributed by atoms with van der Waals surface area (Å²) in [5.74, 6) is -0.865. The first-order valence-corrected chi connectivity index (χ1v) is 34.3. The first-order chi connectivity index (χ1) is 38.5. The Hall–Kier alpha value is -2.89. The molecule has 454 valence electrons. The van der Waals surface area contributed by atoms with Crippen molar-refractivity contribution in [2.24, 2.45) is 0 Å². The second kappa shape index (κ2) is 66.6. The van der Waals surface area contributed by atoms with Crippen molar-refractivity contribution >= 4 is 17.9 Å². The van der Waals surface area contributed by atoms with Gasteiger partial charge in [-0.05, 0) is 109 Å². The maximum Gasteiger partial charge on any atom is 0.306 e. The summed E-state index contributed by atoms with van der Waals surface area (Å²) < 4.78 is 17.0. The Bertz CT molecular complexity index is 1390. The maximum absolute atomic E-state index is 12.9. The smallest absolute Gasteiger partial charge is 0.306 e. The molecule has 0 fully saturated rings. The highest BCUT2D eigenvalue weighted by molar-refractivity contribution is 5.71. The van der Waals surface area contributed by atoms with E-state index in [4.69, 9.17) is 14.2 Å². The molecule has 0 aromatic rings. The van der Waals surface area contributed by atoms with Crippen LogP contribution in [0.3, 0.4) is 0 Å². The van der Waals surface area contributed by atoms with Gasteiger partial charge in [0, 0.05) is 19.3 Å². The SMILES string of the molecule is CCCCC/C=C\C/C=C\CCCCCCCCCCCC(=O)OC(COC(=O)CCCCCCCCC/C=C\CCCCCCCCC)COC(=O)CCCCCCCCCCCCC/C=C\C/C=C\CCCCCCC. The van der Waals surface area contributed by atoms with Crippen molar-refractivity contribution in [2.75, 3.05) is 13.2 Å². The van der Waals surface area contributed by atoms with Crippen LogP contribution in [0.1, 0.15) is 361 Å². The molecule has 0 N–H and O–H groups in total. The maximum atomic E-state index is 12.9. The molecule has 0 aliphatic rings. The molecule has 0 heterocycles.